The van der Waals surface area contributed by atoms with Crippen molar-refractivity contribution in [1.82, 2.24) is 5.32 Å². The molecule has 0 aliphatic heterocycles. The van der Waals surface area contributed by atoms with Crippen molar-refractivity contribution in [3.8, 4) is 0 Å². The van der Waals surface area contributed by atoms with Crippen molar-refractivity contribution in [2.45, 2.75) is 45.6 Å². The number of nitrogens with one attached hydrogen (secondary N) is 1. The van der Waals surface area contributed by atoms with Gasteiger partial charge >= 0.3 is 0 Å². The summed E-state index contributed by atoms with van der Waals surface area (Å²) in [6.45, 7) is 5.49. The van der Waals surface area contributed by atoms with Gasteiger partial charge in [0.25, 0.3) is 0 Å². The minimum atomic E-state index is -0.296. The fourth-order valence-corrected chi connectivity index (χ4v) is 1.88. The molecule has 98 valence electrons. The van der Waals surface area contributed by atoms with Gasteiger partial charge in [-0.15, -0.1) is 0 Å². The van der Waals surface area contributed by atoms with E-state index in [0.717, 1.165) is 6.42 Å². The number of hydrogen-bond donors (Lipinski definition) is 1. The van der Waals surface area contributed by atoms with E-state index in [0.29, 0.717) is 6.42 Å². The molecule has 0 saturated heterocycles. The van der Waals surface area contributed by atoms with Crippen LogP contribution in [0.5, 0.6) is 0 Å². The summed E-state index contributed by atoms with van der Waals surface area (Å²) < 4.78 is 0. The molecule has 1 N–H and O–H groups in total. The molecule has 1 rings (SSSR count). The SMILES string of the molecule is CC(=O)CCC(=O)NC(C)(C)Cc1ccccc1. The van der Waals surface area contributed by atoms with Crippen LogP contribution in [0, 0.1) is 0 Å². The van der Waals surface area contributed by atoms with E-state index >= 15 is 0 Å². The number of carbonyl (C=O) groups excluding carboxylic acids is 2. The molecule has 0 radical (unpaired) electrons. The monoisotopic (exact) mass is 247 g/mol. The third-order valence-corrected chi connectivity index (χ3v) is 2.67. The number of carbonyl (C=O) groups is 2. The van der Waals surface area contributed by atoms with E-state index < -0.39 is 0 Å². The van der Waals surface area contributed by atoms with Crippen molar-refractivity contribution in [2.75, 3.05) is 0 Å². The van der Waals surface area contributed by atoms with Gasteiger partial charge in [0.2, 0.25) is 5.91 Å². The van der Waals surface area contributed by atoms with Gasteiger partial charge in [-0.05, 0) is 32.8 Å². The van der Waals surface area contributed by atoms with Crippen LogP contribution in [0.2, 0.25) is 0 Å². The van der Waals surface area contributed by atoms with E-state index in [1.807, 2.05) is 44.2 Å². The van der Waals surface area contributed by atoms with Crippen LogP contribution in [-0.2, 0) is 16.0 Å². The van der Waals surface area contributed by atoms with Gasteiger partial charge < -0.3 is 10.1 Å². The molecule has 0 atom stereocenters. The highest BCUT2D eigenvalue weighted by molar-refractivity contribution is 5.83. The topological polar surface area (TPSA) is 46.2 Å². The number of rotatable bonds is 6. The number of ketones is 1. The van der Waals surface area contributed by atoms with Crippen LogP contribution in [0.1, 0.15) is 39.2 Å². The predicted molar refractivity (Wildman–Crippen MR) is 72.3 cm³/mol. The normalized spacial score (nSPS) is 11.1. The molecule has 0 aliphatic rings. The Morgan fingerprint density at radius 3 is 2.28 bits per heavy atom. The zero-order valence-electron chi connectivity index (χ0n) is 11.3. The van der Waals surface area contributed by atoms with Gasteiger partial charge in [0, 0.05) is 18.4 Å². The minimum Gasteiger partial charge on any atom is -0.351 e. The van der Waals surface area contributed by atoms with Crippen LogP contribution in [0.25, 0.3) is 0 Å². The summed E-state index contributed by atoms with van der Waals surface area (Å²) in [5, 5.41) is 2.97. The molecule has 18 heavy (non-hydrogen) atoms. The fraction of sp³-hybridized carbons (Fsp3) is 0.467. The number of amides is 1. The van der Waals surface area contributed by atoms with E-state index in [4.69, 9.17) is 0 Å². The highest BCUT2D eigenvalue weighted by Crippen LogP contribution is 2.12. The van der Waals surface area contributed by atoms with Crippen LogP contribution >= 0.6 is 0 Å². The van der Waals surface area contributed by atoms with Crippen molar-refractivity contribution in [3.05, 3.63) is 35.9 Å². The lowest BCUT2D eigenvalue weighted by molar-refractivity contribution is -0.125. The first-order chi connectivity index (χ1) is 8.39. The quantitative estimate of drug-likeness (QED) is 0.839. The highest BCUT2D eigenvalue weighted by atomic mass is 16.2. The summed E-state index contributed by atoms with van der Waals surface area (Å²) >= 11 is 0. The van der Waals surface area contributed by atoms with Crippen molar-refractivity contribution >= 4 is 11.7 Å². The van der Waals surface area contributed by atoms with Crippen molar-refractivity contribution < 1.29 is 9.59 Å². The van der Waals surface area contributed by atoms with Gasteiger partial charge in [0.1, 0.15) is 5.78 Å². The molecule has 0 unspecified atom stereocenters. The minimum absolute atomic E-state index is 0.0472. The molecule has 1 aromatic rings. The molecule has 0 aromatic heterocycles. The summed E-state index contributed by atoms with van der Waals surface area (Å²) in [7, 11) is 0. The summed E-state index contributed by atoms with van der Waals surface area (Å²) in [5.74, 6) is -0.0165. The van der Waals surface area contributed by atoms with Gasteiger partial charge in [-0.3, -0.25) is 4.79 Å². The molecular formula is C15H21NO2. The summed E-state index contributed by atoms with van der Waals surface area (Å²) in [5.41, 5.74) is 0.893. The first kappa shape index (κ1) is 14.4. The Hall–Kier alpha value is -1.64. The molecule has 3 heteroatoms. The molecule has 1 amide bonds. The maximum absolute atomic E-state index is 11.7. The Morgan fingerprint density at radius 1 is 1.11 bits per heavy atom. The van der Waals surface area contributed by atoms with Crippen LogP contribution in [0.3, 0.4) is 0 Å². The Kier molecular flexibility index (Phi) is 5.08. The number of benzene rings is 1. The maximum Gasteiger partial charge on any atom is 0.220 e. The first-order valence-electron chi connectivity index (χ1n) is 6.23. The summed E-state index contributed by atoms with van der Waals surface area (Å²) in [4.78, 5) is 22.5. The second kappa shape index (κ2) is 6.34. The molecule has 0 heterocycles. The lowest BCUT2D eigenvalue weighted by atomic mass is 9.94. The van der Waals surface area contributed by atoms with Crippen molar-refractivity contribution in [1.29, 1.82) is 0 Å². The third kappa shape index (κ3) is 5.62. The highest BCUT2D eigenvalue weighted by Gasteiger charge is 2.20. The predicted octanol–water partition coefficient (Wildman–Crippen LogP) is 2.49. The van der Waals surface area contributed by atoms with Gasteiger partial charge in [0.05, 0.1) is 0 Å². The molecular weight excluding hydrogens is 226 g/mol. The van der Waals surface area contributed by atoms with Gasteiger partial charge in [-0.25, -0.2) is 0 Å². The Morgan fingerprint density at radius 2 is 1.72 bits per heavy atom. The molecule has 0 bridgehead atoms. The summed E-state index contributed by atoms with van der Waals surface area (Å²) in [6, 6.07) is 10.0. The third-order valence-electron chi connectivity index (χ3n) is 2.67. The zero-order valence-corrected chi connectivity index (χ0v) is 11.3. The van der Waals surface area contributed by atoms with Crippen LogP contribution < -0.4 is 5.32 Å². The van der Waals surface area contributed by atoms with E-state index in [-0.39, 0.29) is 23.7 Å². The first-order valence-corrected chi connectivity index (χ1v) is 6.23. The van der Waals surface area contributed by atoms with Crippen molar-refractivity contribution in [3.63, 3.8) is 0 Å². The molecule has 1 aromatic carbocycles. The average Bonchev–Trinajstić information content (AvgIpc) is 2.26. The second-order valence-electron chi connectivity index (χ2n) is 5.30. The molecule has 0 aliphatic carbocycles. The number of hydrogen-bond acceptors (Lipinski definition) is 2. The standard InChI is InChI=1S/C15H21NO2/c1-12(17)9-10-14(18)16-15(2,3)11-13-7-5-4-6-8-13/h4-8H,9-11H2,1-3H3,(H,16,18). The van der Waals surface area contributed by atoms with E-state index in [2.05, 4.69) is 5.32 Å². The largest absolute Gasteiger partial charge is 0.351 e. The van der Waals surface area contributed by atoms with E-state index in [1.54, 1.807) is 0 Å². The Balaban J connectivity index is 2.49. The Labute approximate surface area is 109 Å². The van der Waals surface area contributed by atoms with Crippen LogP contribution in [-0.4, -0.2) is 17.2 Å². The average molecular weight is 247 g/mol. The van der Waals surface area contributed by atoms with Crippen LogP contribution in [0.15, 0.2) is 30.3 Å². The fourth-order valence-electron chi connectivity index (χ4n) is 1.88. The van der Waals surface area contributed by atoms with E-state index in [1.165, 1.54) is 12.5 Å². The molecule has 0 saturated carbocycles. The molecule has 3 nitrogen and oxygen atoms in total. The maximum atomic E-state index is 11.7. The van der Waals surface area contributed by atoms with Crippen LogP contribution in [0.4, 0.5) is 0 Å². The summed E-state index contributed by atoms with van der Waals surface area (Å²) in [6.07, 6.45) is 1.36. The number of Topliss-reactive ketones (excluding diaryl/α,β-unsaturated/α-hetero) is 1. The lowest BCUT2D eigenvalue weighted by Gasteiger charge is -2.26. The van der Waals surface area contributed by atoms with E-state index in [9.17, 15) is 9.59 Å². The Bertz CT molecular complexity index is 410. The second-order valence-corrected chi connectivity index (χ2v) is 5.30. The van der Waals surface area contributed by atoms with Gasteiger partial charge in [0.15, 0.2) is 0 Å². The van der Waals surface area contributed by atoms with Gasteiger partial charge in [-0.1, -0.05) is 30.3 Å². The molecule has 0 spiro atoms. The van der Waals surface area contributed by atoms with Gasteiger partial charge in [-0.2, -0.15) is 0 Å². The smallest absolute Gasteiger partial charge is 0.220 e. The molecule has 0 fully saturated rings. The lowest BCUT2D eigenvalue weighted by Crippen LogP contribution is -2.45. The van der Waals surface area contributed by atoms with Crippen molar-refractivity contribution in [2.24, 2.45) is 0 Å². The zero-order chi connectivity index (χ0) is 13.6.